The smallest absolute Gasteiger partial charge is 0.334 e. The molecule has 8 nitrogen and oxygen atoms in total. The molecule has 1 aliphatic heterocycles. The third-order valence-electron chi connectivity index (χ3n) is 7.67. The van der Waals surface area contributed by atoms with Crippen molar-refractivity contribution in [3.63, 3.8) is 0 Å². The second-order valence-corrected chi connectivity index (χ2v) is 9.68. The molecule has 0 spiro atoms. The van der Waals surface area contributed by atoms with Crippen molar-refractivity contribution in [1.29, 1.82) is 0 Å². The molecule has 0 bridgehead atoms. The Morgan fingerprint density at radius 2 is 1.95 bits per heavy atom. The number of aromatic nitrogens is 1. The van der Waals surface area contributed by atoms with Crippen LogP contribution < -0.4 is 5.73 Å². The molecule has 1 amide bonds. The number of ether oxygens (including phenoxy) is 2. The van der Waals surface area contributed by atoms with E-state index in [4.69, 9.17) is 15.2 Å². The van der Waals surface area contributed by atoms with Crippen molar-refractivity contribution in [1.82, 2.24) is 4.98 Å². The second kappa shape index (κ2) is 9.66. The van der Waals surface area contributed by atoms with Gasteiger partial charge in [0.2, 0.25) is 5.91 Å². The number of esters is 1. The van der Waals surface area contributed by atoms with E-state index in [-0.39, 0.29) is 0 Å². The lowest BCUT2D eigenvalue weighted by atomic mass is 9.54. The van der Waals surface area contributed by atoms with Gasteiger partial charge in [0.25, 0.3) is 5.92 Å². The number of carbonyl (C=O) groups excluding carboxylic acids is 2. The van der Waals surface area contributed by atoms with E-state index in [9.17, 15) is 19.5 Å². The van der Waals surface area contributed by atoms with Gasteiger partial charge in [0, 0.05) is 42.7 Å². The van der Waals surface area contributed by atoms with Gasteiger partial charge >= 0.3 is 11.9 Å². The number of pyridine rings is 1. The molecule has 1 aliphatic carbocycles. The Bertz CT molecular complexity index is 1250. The number of rotatable bonds is 7. The lowest BCUT2D eigenvalue weighted by Crippen LogP contribution is -2.60. The van der Waals surface area contributed by atoms with Gasteiger partial charge in [-0.05, 0) is 36.6 Å². The fourth-order valence-electron chi connectivity index (χ4n) is 5.91. The Labute approximate surface area is 212 Å². The molecule has 10 heteroatoms. The Morgan fingerprint density at radius 1 is 1.24 bits per heavy atom. The Morgan fingerprint density at radius 3 is 2.54 bits per heavy atom. The minimum atomic E-state index is -3.35. The van der Waals surface area contributed by atoms with E-state index in [1.165, 1.54) is 6.92 Å². The van der Waals surface area contributed by atoms with Gasteiger partial charge in [0.1, 0.15) is 11.5 Å². The van der Waals surface area contributed by atoms with Crippen molar-refractivity contribution >= 4 is 23.9 Å². The first-order valence-corrected chi connectivity index (χ1v) is 11.8. The summed E-state index contributed by atoms with van der Waals surface area (Å²) < 4.78 is 41.1. The van der Waals surface area contributed by atoms with Crippen molar-refractivity contribution in [2.45, 2.75) is 38.4 Å². The zero-order valence-corrected chi connectivity index (χ0v) is 20.6. The normalized spacial score (nSPS) is 29.5. The van der Waals surface area contributed by atoms with E-state index < -0.39 is 65.6 Å². The molecule has 1 saturated carbocycles. The van der Waals surface area contributed by atoms with Crippen LogP contribution in [0.1, 0.15) is 36.3 Å². The van der Waals surface area contributed by atoms with Gasteiger partial charge < -0.3 is 20.3 Å². The minimum Gasteiger partial charge on any atom is -0.479 e. The average Bonchev–Trinajstić information content (AvgIpc) is 3.08. The molecule has 0 unspecified atom stereocenters. The fraction of sp³-hybridized carbons (Fsp3) is 0.407. The molecule has 6 atom stereocenters. The van der Waals surface area contributed by atoms with E-state index in [2.05, 4.69) is 4.98 Å². The van der Waals surface area contributed by atoms with Gasteiger partial charge in [-0.1, -0.05) is 37.3 Å². The van der Waals surface area contributed by atoms with Crippen molar-refractivity contribution in [2.75, 3.05) is 7.11 Å². The van der Waals surface area contributed by atoms with E-state index in [0.717, 1.165) is 7.11 Å². The van der Waals surface area contributed by atoms with Gasteiger partial charge in [-0.15, -0.1) is 0 Å². The number of carboxylic acid groups (broad SMARTS) is 1. The minimum absolute atomic E-state index is 0.341. The second-order valence-electron chi connectivity index (χ2n) is 9.68. The molecule has 4 rings (SSSR count). The van der Waals surface area contributed by atoms with Crippen molar-refractivity contribution in [3.8, 4) is 11.1 Å². The van der Waals surface area contributed by atoms with Gasteiger partial charge in [0.05, 0.1) is 5.69 Å². The maximum absolute atomic E-state index is 15.3. The zero-order valence-electron chi connectivity index (χ0n) is 20.6. The fourth-order valence-corrected chi connectivity index (χ4v) is 5.91. The molecule has 1 saturated heterocycles. The number of primary amides is 1. The third-order valence-corrected chi connectivity index (χ3v) is 7.67. The van der Waals surface area contributed by atoms with Crippen LogP contribution in [0.25, 0.3) is 17.2 Å². The number of halogens is 2. The predicted molar refractivity (Wildman–Crippen MR) is 129 cm³/mol. The summed E-state index contributed by atoms with van der Waals surface area (Å²) in [5, 5.41) is 9.74. The highest BCUT2D eigenvalue weighted by atomic mass is 19.3. The van der Waals surface area contributed by atoms with Crippen LogP contribution in [0.2, 0.25) is 0 Å². The standard InChI is InChI=1S/C27H28F2N2O6/c1-14-18(11-10-17-9-8-16(12-31-17)19-6-4-5-7-20(19)23(30)32)21-15(2)37-25(35)26(21,13-27(14,28)29)22(36-3)24(33)34/h4-12,14-15,18,21-22H,13H2,1-3H3,(H2,30,32)(H,33,34)/b11-10+/t14-,15+,18-,21-,22-,26+/m0/s1. The molecule has 3 N–H and O–H groups in total. The van der Waals surface area contributed by atoms with Crippen LogP contribution in [0, 0.1) is 23.2 Å². The number of allylic oxidation sites excluding steroid dienone is 1. The number of benzene rings is 1. The molecule has 1 aromatic carbocycles. The molecule has 0 radical (unpaired) electrons. The molecule has 196 valence electrons. The topological polar surface area (TPSA) is 129 Å². The molecule has 2 aliphatic rings. The number of carbonyl (C=O) groups is 3. The highest BCUT2D eigenvalue weighted by Crippen LogP contribution is 2.61. The van der Waals surface area contributed by atoms with Crippen molar-refractivity contribution in [3.05, 3.63) is 59.9 Å². The quantitative estimate of drug-likeness (QED) is 0.538. The summed E-state index contributed by atoms with van der Waals surface area (Å²) >= 11 is 0. The number of nitrogens with two attached hydrogens (primary N) is 1. The van der Waals surface area contributed by atoms with Crippen molar-refractivity contribution < 1.29 is 37.7 Å². The number of cyclic esters (lactones) is 1. The number of fused-ring (bicyclic) bond motifs is 1. The predicted octanol–water partition coefficient (Wildman–Crippen LogP) is 3.80. The van der Waals surface area contributed by atoms with E-state index in [1.807, 2.05) is 0 Å². The summed E-state index contributed by atoms with van der Waals surface area (Å²) in [5.41, 5.74) is 5.47. The SMILES string of the molecule is CO[C@@H](C(=O)O)[C@@]12CC(F)(F)[C@@H](C)[C@H](/C=C/c3ccc(-c4ccccc4C(N)=O)cn3)[C@@H]1[C@@H](C)OC2=O. The maximum atomic E-state index is 15.3. The molecule has 1 aromatic heterocycles. The lowest BCUT2D eigenvalue weighted by Gasteiger charge is -2.49. The van der Waals surface area contributed by atoms with Gasteiger partial charge in [0.15, 0.2) is 6.10 Å². The molecule has 2 heterocycles. The van der Waals surface area contributed by atoms with E-state index in [1.54, 1.807) is 61.7 Å². The summed E-state index contributed by atoms with van der Waals surface area (Å²) in [6.07, 6.45) is 1.10. The highest BCUT2D eigenvalue weighted by molar-refractivity contribution is 5.99. The Balaban J connectivity index is 1.70. The number of methoxy groups -OCH3 is 1. The molecule has 37 heavy (non-hydrogen) atoms. The van der Waals surface area contributed by atoms with Gasteiger partial charge in [-0.3, -0.25) is 14.6 Å². The summed E-state index contributed by atoms with van der Waals surface area (Å²) in [6, 6.07) is 10.2. The van der Waals surface area contributed by atoms with Crippen LogP contribution in [0.5, 0.6) is 0 Å². The number of alkyl halides is 2. The number of aliphatic carboxylic acids is 1. The summed E-state index contributed by atoms with van der Waals surface area (Å²) in [7, 11) is 1.09. The van der Waals surface area contributed by atoms with Crippen molar-refractivity contribution in [2.24, 2.45) is 28.9 Å². The van der Waals surface area contributed by atoms with Gasteiger partial charge in [-0.2, -0.15) is 0 Å². The van der Waals surface area contributed by atoms with Crippen LogP contribution in [0.15, 0.2) is 48.7 Å². The van der Waals surface area contributed by atoms with Crippen LogP contribution in [0.3, 0.4) is 0 Å². The van der Waals surface area contributed by atoms with E-state index in [0.29, 0.717) is 22.4 Å². The molecular weight excluding hydrogens is 486 g/mol. The summed E-state index contributed by atoms with van der Waals surface area (Å²) in [4.78, 5) is 41.0. The van der Waals surface area contributed by atoms with Crippen LogP contribution in [-0.4, -0.2) is 53.2 Å². The monoisotopic (exact) mass is 514 g/mol. The molecule has 2 aromatic rings. The molecular formula is C27H28F2N2O6. The zero-order chi connectivity index (χ0) is 27.1. The highest BCUT2D eigenvalue weighted by Gasteiger charge is 2.72. The maximum Gasteiger partial charge on any atom is 0.334 e. The Kier molecular flexibility index (Phi) is 6.89. The number of hydrogen-bond acceptors (Lipinski definition) is 6. The number of amides is 1. The summed E-state index contributed by atoms with van der Waals surface area (Å²) in [5.74, 6) is -9.37. The number of nitrogens with zero attached hydrogens (tertiary/aromatic N) is 1. The van der Waals surface area contributed by atoms with Crippen LogP contribution >= 0.6 is 0 Å². The first-order chi connectivity index (χ1) is 17.4. The first kappa shape index (κ1) is 26.4. The van der Waals surface area contributed by atoms with Crippen LogP contribution in [0.4, 0.5) is 8.78 Å². The molecule has 2 fully saturated rings. The van der Waals surface area contributed by atoms with E-state index >= 15 is 8.78 Å². The van der Waals surface area contributed by atoms with Crippen LogP contribution in [-0.2, 0) is 19.1 Å². The number of carboxylic acids is 1. The average molecular weight is 515 g/mol. The summed E-state index contributed by atoms with van der Waals surface area (Å²) in [6.45, 7) is 2.97. The largest absolute Gasteiger partial charge is 0.479 e. The third kappa shape index (κ3) is 4.39. The van der Waals surface area contributed by atoms with Gasteiger partial charge in [-0.25, -0.2) is 13.6 Å². The number of hydrogen-bond donors (Lipinski definition) is 2. The first-order valence-electron chi connectivity index (χ1n) is 11.8. The Hall–Kier alpha value is -3.66. The lowest BCUT2D eigenvalue weighted by molar-refractivity contribution is -0.202.